The number of hydrogen-bond donors (Lipinski definition) is 3. The van der Waals surface area contributed by atoms with Crippen molar-refractivity contribution in [1.29, 1.82) is 0 Å². The summed E-state index contributed by atoms with van der Waals surface area (Å²) in [5.41, 5.74) is 1.09. The van der Waals surface area contributed by atoms with Crippen molar-refractivity contribution in [2.45, 2.75) is 27.2 Å². The molecule has 0 radical (unpaired) electrons. The first-order valence-electron chi connectivity index (χ1n) is 6.61. The van der Waals surface area contributed by atoms with Crippen LogP contribution in [-0.2, 0) is 0 Å². The highest BCUT2D eigenvalue weighted by atomic mass is 16.3. The van der Waals surface area contributed by atoms with E-state index in [1.165, 1.54) is 6.92 Å². The van der Waals surface area contributed by atoms with Crippen LogP contribution >= 0.6 is 0 Å². The van der Waals surface area contributed by atoms with Gasteiger partial charge in [0.2, 0.25) is 0 Å². The summed E-state index contributed by atoms with van der Waals surface area (Å²) in [5, 5.41) is 14.4. The van der Waals surface area contributed by atoms with Crippen molar-refractivity contribution in [1.82, 2.24) is 5.32 Å². The molecule has 3 N–H and O–H groups in total. The van der Waals surface area contributed by atoms with Crippen molar-refractivity contribution < 1.29 is 14.7 Å². The van der Waals surface area contributed by atoms with Gasteiger partial charge < -0.3 is 15.7 Å². The molecule has 0 fully saturated rings. The number of Topliss-reactive ketones (excluding diaryl/α,β-unsaturated/α-hetero) is 1. The molecule has 0 aliphatic rings. The lowest BCUT2D eigenvalue weighted by molar-refractivity contribution is 0.101. The standard InChI is InChI=1S/C15H22N2O3/c1-11(19)12-4-6-13(7-5-12)17-14(20)16-10-15(2,3)8-9-18/h4-7,18H,8-10H2,1-3H3,(H2,16,17,20). The maximum atomic E-state index is 11.7. The monoisotopic (exact) mass is 278 g/mol. The number of amides is 2. The molecule has 1 rings (SSSR count). The first kappa shape index (κ1) is 16.2. The Labute approximate surface area is 119 Å². The minimum atomic E-state index is -0.299. The molecule has 0 aliphatic carbocycles. The predicted octanol–water partition coefficient (Wildman–Crippen LogP) is 2.42. The zero-order chi connectivity index (χ0) is 15.2. The van der Waals surface area contributed by atoms with Crippen LogP contribution in [0.5, 0.6) is 0 Å². The van der Waals surface area contributed by atoms with Crippen LogP contribution in [-0.4, -0.2) is 30.1 Å². The van der Waals surface area contributed by atoms with Crippen molar-refractivity contribution in [2.75, 3.05) is 18.5 Å². The summed E-state index contributed by atoms with van der Waals surface area (Å²) in [7, 11) is 0. The second-order valence-corrected chi connectivity index (χ2v) is 5.58. The van der Waals surface area contributed by atoms with Crippen LogP contribution in [0.25, 0.3) is 0 Å². The molecule has 5 nitrogen and oxygen atoms in total. The summed E-state index contributed by atoms with van der Waals surface area (Å²) in [6.45, 7) is 6.03. The maximum absolute atomic E-state index is 11.7. The molecule has 0 aliphatic heterocycles. The summed E-state index contributed by atoms with van der Waals surface area (Å²) in [5.74, 6) is -0.00763. The largest absolute Gasteiger partial charge is 0.396 e. The number of aliphatic hydroxyl groups is 1. The molecule has 1 aromatic carbocycles. The first-order valence-corrected chi connectivity index (χ1v) is 6.61. The van der Waals surface area contributed by atoms with Gasteiger partial charge in [0.15, 0.2) is 5.78 Å². The van der Waals surface area contributed by atoms with E-state index in [1.54, 1.807) is 24.3 Å². The Bertz CT molecular complexity index is 467. The lowest BCUT2D eigenvalue weighted by Crippen LogP contribution is -2.37. The van der Waals surface area contributed by atoms with Gasteiger partial charge in [0, 0.05) is 24.4 Å². The van der Waals surface area contributed by atoms with Crippen LogP contribution in [0.1, 0.15) is 37.6 Å². The van der Waals surface area contributed by atoms with Crippen LogP contribution in [0.2, 0.25) is 0 Å². The number of carbonyl (C=O) groups excluding carboxylic acids is 2. The highest BCUT2D eigenvalue weighted by Gasteiger charge is 2.18. The van der Waals surface area contributed by atoms with Crippen molar-refractivity contribution in [3.63, 3.8) is 0 Å². The summed E-state index contributed by atoms with van der Waals surface area (Å²) in [6.07, 6.45) is 0.626. The fraction of sp³-hybridized carbons (Fsp3) is 0.467. The van der Waals surface area contributed by atoms with Gasteiger partial charge in [0.1, 0.15) is 0 Å². The van der Waals surface area contributed by atoms with E-state index in [0.717, 1.165) is 0 Å². The second-order valence-electron chi connectivity index (χ2n) is 5.58. The maximum Gasteiger partial charge on any atom is 0.319 e. The Morgan fingerprint density at radius 3 is 2.30 bits per heavy atom. The molecule has 0 atom stereocenters. The molecule has 5 heteroatoms. The molecule has 0 saturated heterocycles. The Kier molecular flexibility index (Phi) is 5.70. The third kappa shape index (κ3) is 5.40. The lowest BCUT2D eigenvalue weighted by atomic mass is 9.90. The van der Waals surface area contributed by atoms with Gasteiger partial charge >= 0.3 is 6.03 Å². The second kappa shape index (κ2) is 7.05. The van der Waals surface area contributed by atoms with E-state index >= 15 is 0 Å². The van der Waals surface area contributed by atoms with E-state index in [9.17, 15) is 9.59 Å². The number of carbonyl (C=O) groups is 2. The Balaban J connectivity index is 2.48. The number of rotatable bonds is 6. The Hall–Kier alpha value is -1.88. The molecule has 110 valence electrons. The zero-order valence-corrected chi connectivity index (χ0v) is 12.2. The number of nitrogens with one attached hydrogen (secondary N) is 2. The van der Waals surface area contributed by atoms with E-state index in [1.807, 2.05) is 13.8 Å². The molecule has 2 amide bonds. The fourth-order valence-electron chi connectivity index (χ4n) is 1.67. The number of ketones is 1. The van der Waals surface area contributed by atoms with Gasteiger partial charge in [-0.2, -0.15) is 0 Å². The molecule has 0 unspecified atom stereocenters. The summed E-state index contributed by atoms with van der Waals surface area (Å²) in [6, 6.07) is 6.43. The van der Waals surface area contributed by atoms with Crippen LogP contribution in [0.3, 0.4) is 0 Å². The van der Waals surface area contributed by atoms with Gasteiger partial charge in [0.25, 0.3) is 0 Å². The predicted molar refractivity (Wildman–Crippen MR) is 79.0 cm³/mol. The number of urea groups is 1. The molecule has 0 saturated carbocycles. The zero-order valence-electron chi connectivity index (χ0n) is 12.2. The van der Waals surface area contributed by atoms with E-state index in [4.69, 9.17) is 5.11 Å². The van der Waals surface area contributed by atoms with Crippen LogP contribution in [0.4, 0.5) is 10.5 Å². The van der Waals surface area contributed by atoms with Crippen LogP contribution < -0.4 is 10.6 Å². The van der Waals surface area contributed by atoms with Crippen molar-refractivity contribution in [3.05, 3.63) is 29.8 Å². The molecular weight excluding hydrogens is 256 g/mol. The minimum absolute atomic E-state index is 0.00763. The number of benzene rings is 1. The summed E-state index contributed by atoms with van der Waals surface area (Å²) >= 11 is 0. The highest BCUT2D eigenvalue weighted by Crippen LogP contribution is 2.18. The third-order valence-corrected chi connectivity index (χ3v) is 3.07. The molecule has 0 spiro atoms. The molecule has 0 aromatic heterocycles. The number of aliphatic hydroxyl groups excluding tert-OH is 1. The molecule has 0 bridgehead atoms. The van der Waals surface area contributed by atoms with E-state index < -0.39 is 0 Å². The quantitative estimate of drug-likeness (QED) is 0.699. The Morgan fingerprint density at radius 1 is 1.20 bits per heavy atom. The lowest BCUT2D eigenvalue weighted by Gasteiger charge is -2.23. The van der Waals surface area contributed by atoms with Gasteiger partial charge in [-0.15, -0.1) is 0 Å². The molecular formula is C15H22N2O3. The fourth-order valence-corrected chi connectivity index (χ4v) is 1.67. The van der Waals surface area contributed by atoms with Crippen LogP contribution in [0, 0.1) is 5.41 Å². The van der Waals surface area contributed by atoms with Gasteiger partial charge in [-0.3, -0.25) is 4.79 Å². The third-order valence-electron chi connectivity index (χ3n) is 3.07. The SMILES string of the molecule is CC(=O)c1ccc(NC(=O)NCC(C)(C)CCO)cc1. The van der Waals surface area contributed by atoms with Gasteiger partial charge in [0.05, 0.1) is 0 Å². The van der Waals surface area contributed by atoms with Gasteiger partial charge in [-0.1, -0.05) is 13.8 Å². The van der Waals surface area contributed by atoms with Gasteiger partial charge in [-0.05, 0) is 43.0 Å². The average molecular weight is 278 g/mol. The first-order chi connectivity index (χ1) is 9.34. The van der Waals surface area contributed by atoms with Crippen molar-refractivity contribution >= 4 is 17.5 Å². The van der Waals surface area contributed by atoms with Crippen molar-refractivity contribution in [3.8, 4) is 0 Å². The normalized spacial score (nSPS) is 11.0. The number of anilines is 1. The molecule has 1 aromatic rings. The Morgan fingerprint density at radius 2 is 1.80 bits per heavy atom. The smallest absolute Gasteiger partial charge is 0.319 e. The van der Waals surface area contributed by atoms with E-state index in [0.29, 0.717) is 24.2 Å². The molecule has 20 heavy (non-hydrogen) atoms. The van der Waals surface area contributed by atoms with E-state index in [2.05, 4.69) is 10.6 Å². The summed E-state index contributed by atoms with van der Waals surface area (Å²) < 4.78 is 0. The average Bonchev–Trinajstić information content (AvgIpc) is 2.37. The van der Waals surface area contributed by atoms with E-state index in [-0.39, 0.29) is 23.8 Å². The summed E-state index contributed by atoms with van der Waals surface area (Å²) in [4.78, 5) is 22.9. The van der Waals surface area contributed by atoms with Gasteiger partial charge in [-0.25, -0.2) is 4.79 Å². The topological polar surface area (TPSA) is 78.4 Å². The molecule has 0 heterocycles. The van der Waals surface area contributed by atoms with Crippen LogP contribution in [0.15, 0.2) is 24.3 Å². The van der Waals surface area contributed by atoms with Crippen molar-refractivity contribution in [2.24, 2.45) is 5.41 Å². The highest BCUT2D eigenvalue weighted by molar-refractivity contribution is 5.95. The minimum Gasteiger partial charge on any atom is -0.396 e. The number of hydrogen-bond acceptors (Lipinski definition) is 3.